The zero-order chi connectivity index (χ0) is 13.2. The van der Waals surface area contributed by atoms with Crippen molar-refractivity contribution in [3.05, 3.63) is 0 Å². The number of hydrogen-bond acceptors (Lipinski definition) is 2. The van der Waals surface area contributed by atoms with Gasteiger partial charge in [0.1, 0.15) is 0 Å². The number of carbonyl (C=O) groups is 1. The van der Waals surface area contributed by atoms with E-state index >= 15 is 0 Å². The molecule has 2 saturated carbocycles. The Balaban J connectivity index is 1.61. The highest BCUT2D eigenvalue weighted by Crippen LogP contribution is 2.60. The monoisotopic (exact) mass is 252 g/mol. The van der Waals surface area contributed by atoms with Gasteiger partial charge in [0.2, 0.25) is 5.91 Å². The van der Waals surface area contributed by atoms with Crippen molar-refractivity contribution in [2.24, 2.45) is 23.0 Å². The van der Waals surface area contributed by atoms with Crippen LogP contribution in [0.25, 0.3) is 0 Å². The van der Waals surface area contributed by atoms with Gasteiger partial charge in [-0.1, -0.05) is 13.3 Å². The summed E-state index contributed by atoms with van der Waals surface area (Å²) in [5.74, 6) is 1.30. The maximum atomic E-state index is 12.0. The lowest BCUT2D eigenvalue weighted by Gasteiger charge is -2.18. The molecule has 2 aliphatic rings. The van der Waals surface area contributed by atoms with Crippen LogP contribution >= 0.6 is 0 Å². The Bertz CT molecular complexity index is 293. The molecule has 0 radical (unpaired) electrons. The Kier molecular flexibility index (Phi) is 4.31. The van der Waals surface area contributed by atoms with E-state index in [1.165, 1.54) is 25.7 Å². The summed E-state index contributed by atoms with van der Waals surface area (Å²) in [5.41, 5.74) is 6.23. The van der Waals surface area contributed by atoms with E-state index in [9.17, 15) is 4.79 Å². The minimum Gasteiger partial charge on any atom is -0.355 e. The maximum absolute atomic E-state index is 12.0. The van der Waals surface area contributed by atoms with Gasteiger partial charge in [0, 0.05) is 18.5 Å². The Hall–Kier alpha value is -0.570. The molecule has 104 valence electrons. The first-order valence-corrected chi connectivity index (χ1v) is 7.57. The fourth-order valence-electron chi connectivity index (χ4n) is 2.90. The summed E-state index contributed by atoms with van der Waals surface area (Å²) in [4.78, 5) is 12.0. The highest BCUT2D eigenvalue weighted by Gasteiger charge is 2.53. The van der Waals surface area contributed by atoms with Crippen LogP contribution in [0.3, 0.4) is 0 Å². The van der Waals surface area contributed by atoms with Crippen molar-refractivity contribution in [3.63, 3.8) is 0 Å². The summed E-state index contributed by atoms with van der Waals surface area (Å²) in [7, 11) is 0. The summed E-state index contributed by atoms with van der Waals surface area (Å²) in [5, 5.41) is 3.17. The number of rotatable bonds is 8. The van der Waals surface area contributed by atoms with E-state index in [1.807, 2.05) is 13.8 Å². The van der Waals surface area contributed by atoms with E-state index < -0.39 is 0 Å². The number of carbonyl (C=O) groups excluding carboxylic acids is 1. The second kappa shape index (κ2) is 5.60. The second-order valence-corrected chi connectivity index (χ2v) is 6.66. The Morgan fingerprint density at radius 2 is 2.00 bits per heavy atom. The van der Waals surface area contributed by atoms with Crippen LogP contribution in [-0.2, 0) is 4.79 Å². The normalized spacial score (nSPS) is 24.4. The van der Waals surface area contributed by atoms with E-state index in [0.717, 1.165) is 31.7 Å². The molecule has 3 nitrogen and oxygen atoms in total. The van der Waals surface area contributed by atoms with Gasteiger partial charge in [-0.15, -0.1) is 0 Å². The van der Waals surface area contributed by atoms with Crippen LogP contribution in [-0.4, -0.2) is 18.5 Å². The van der Waals surface area contributed by atoms with Crippen LogP contribution in [0.1, 0.15) is 58.8 Å². The minimum absolute atomic E-state index is 0.138. The Labute approximate surface area is 111 Å². The van der Waals surface area contributed by atoms with Gasteiger partial charge < -0.3 is 11.1 Å². The topological polar surface area (TPSA) is 55.1 Å². The SMILES string of the molecule is CC(N)CCCC(C)C(=O)NCC1(C2CC2)CC1. The van der Waals surface area contributed by atoms with E-state index in [0.29, 0.717) is 5.41 Å². The molecule has 0 aromatic rings. The Morgan fingerprint density at radius 1 is 1.33 bits per heavy atom. The number of nitrogens with two attached hydrogens (primary N) is 1. The first kappa shape index (κ1) is 13.9. The molecule has 0 aromatic heterocycles. The zero-order valence-electron chi connectivity index (χ0n) is 11.9. The van der Waals surface area contributed by atoms with Crippen LogP contribution in [0, 0.1) is 17.3 Å². The Morgan fingerprint density at radius 3 is 2.50 bits per heavy atom. The molecule has 2 aliphatic carbocycles. The standard InChI is InChI=1S/C15H28N2O/c1-11(4-3-5-12(2)16)14(18)17-10-15(8-9-15)13-6-7-13/h11-13H,3-10,16H2,1-2H3,(H,17,18). The predicted molar refractivity (Wildman–Crippen MR) is 74.1 cm³/mol. The molecular weight excluding hydrogens is 224 g/mol. The third kappa shape index (κ3) is 3.71. The largest absolute Gasteiger partial charge is 0.355 e. The molecule has 0 saturated heterocycles. The van der Waals surface area contributed by atoms with Crippen molar-refractivity contribution in [2.75, 3.05) is 6.54 Å². The summed E-state index contributed by atoms with van der Waals surface area (Å²) < 4.78 is 0. The third-order valence-electron chi connectivity index (χ3n) is 4.69. The molecular formula is C15H28N2O. The first-order chi connectivity index (χ1) is 8.53. The molecule has 0 heterocycles. The lowest BCUT2D eigenvalue weighted by molar-refractivity contribution is -0.125. The predicted octanol–water partition coefficient (Wildman–Crippen LogP) is 2.45. The maximum Gasteiger partial charge on any atom is 0.222 e. The van der Waals surface area contributed by atoms with Gasteiger partial charge >= 0.3 is 0 Å². The highest BCUT2D eigenvalue weighted by atomic mass is 16.1. The molecule has 0 bridgehead atoms. The van der Waals surface area contributed by atoms with Crippen molar-refractivity contribution < 1.29 is 4.79 Å². The fraction of sp³-hybridized carbons (Fsp3) is 0.933. The van der Waals surface area contributed by atoms with Crippen molar-refractivity contribution in [1.82, 2.24) is 5.32 Å². The van der Waals surface area contributed by atoms with Crippen LogP contribution in [0.15, 0.2) is 0 Å². The zero-order valence-corrected chi connectivity index (χ0v) is 11.9. The van der Waals surface area contributed by atoms with Gasteiger partial charge in [-0.3, -0.25) is 4.79 Å². The van der Waals surface area contributed by atoms with Gasteiger partial charge in [0.15, 0.2) is 0 Å². The quantitative estimate of drug-likeness (QED) is 0.697. The van der Waals surface area contributed by atoms with Gasteiger partial charge in [0.25, 0.3) is 0 Å². The van der Waals surface area contributed by atoms with Crippen LogP contribution in [0.5, 0.6) is 0 Å². The van der Waals surface area contributed by atoms with Gasteiger partial charge in [-0.2, -0.15) is 0 Å². The molecule has 2 rings (SSSR count). The fourth-order valence-corrected chi connectivity index (χ4v) is 2.90. The summed E-state index contributed by atoms with van der Waals surface area (Å²) in [6.45, 7) is 4.98. The molecule has 2 fully saturated rings. The van der Waals surface area contributed by atoms with E-state index in [2.05, 4.69) is 5.32 Å². The molecule has 0 aromatic carbocycles. The molecule has 3 N–H and O–H groups in total. The highest BCUT2D eigenvalue weighted by molar-refractivity contribution is 5.78. The number of hydrogen-bond donors (Lipinski definition) is 2. The van der Waals surface area contributed by atoms with Crippen LogP contribution in [0.2, 0.25) is 0 Å². The van der Waals surface area contributed by atoms with Crippen LogP contribution < -0.4 is 11.1 Å². The van der Waals surface area contributed by atoms with Crippen molar-refractivity contribution in [2.45, 2.75) is 64.8 Å². The number of nitrogens with one attached hydrogen (secondary N) is 1. The lowest BCUT2D eigenvalue weighted by Crippen LogP contribution is -2.35. The molecule has 2 atom stereocenters. The summed E-state index contributed by atoms with van der Waals surface area (Å²) in [6, 6.07) is 0.255. The van der Waals surface area contributed by atoms with Crippen molar-refractivity contribution in [1.29, 1.82) is 0 Å². The van der Waals surface area contributed by atoms with Gasteiger partial charge in [-0.05, 0) is 56.8 Å². The smallest absolute Gasteiger partial charge is 0.222 e. The van der Waals surface area contributed by atoms with E-state index in [-0.39, 0.29) is 17.9 Å². The van der Waals surface area contributed by atoms with Crippen LogP contribution in [0.4, 0.5) is 0 Å². The lowest BCUT2D eigenvalue weighted by atomic mass is 9.98. The van der Waals surface area contributed by atoms with E-state index in [1.54, 1.807) is 0 Å². The number of amides is 1. The van der Waals surface area contributed by atoms with Gasteiger partial charge in [0.05, 0.1) is 0 Å². The third-order valence-corrected chi connectivity index (χ3v) is 4.69. The average Bonchev–Trinajstić information content (AvgIpc) is 3.14. The summed E-state index contributed by atoms with van der Waals surface area (Å²) >= 11 is 0. The summed E-state index contributed by atoms with van der Waals surface area (Å²) in [6.07, 6.45) is 8.47. The van der Waals surface area contributed by atoms with Crippen molar-refractivity contribution >= 4 is 5.91 Å². The molecule has 1 amide bonds. The van der Waals surface area contributed by atoms with E-state index in [4.69, 9.17) is 5.73 Å². The van der Waals surface area contributed by atoms with Gasteiger partial charge in [-0.25, -0.2) is 0 Å². The molecule has 0 aliphatic heterocycles. The minimum atomic E-state index is 0.138. The molecule has 18 heavy (non-hydrogen) atoms. The molecule has 3 heteroatoms. The second-order valence-electron chi connectivity index (χ2n) is 6.66. The molecule has 2 unspecified atom stereocenters. The average molecular weight is 252 g/mol. The van der Waals surface area contributed by atoms with Crippen molar-refractivity contribution in [3.8, 4) is 0 Å². The molecule has 0 spiro atoms. The first-order valence-electron chi connectivity index (χ1n) is 7.57.